The second-order valence-corrected chi connectivity index (χ2v) is 6.27. The minimum Gasteiger partial charge on any atom is -0.332 e. The summed E-state index contributed by atoms with van der Waals surface area (Å²) in [6.07, 6.45) is 1.58. The van der Waals surface area contributed by atoms with Gasteiger partial charge in [-0.3, -0.25) is 14.2 Å². The van der Waals surface area contributed by atoms with E-state index in [1.54, 1.807) is 12.1 Å². The van der Waals surface area contributed by atoms with Gasteiger partial charge < -0.3 is 10.3 Å². The Kier molecular flexibility index (Phi) is 5.01. The van der Waals surface area contributed by atoms with Crippen molar-refractivity contribution in [2.24, 2.45) is 0 Å². The average molecular weight is 390 g/mol. The average Bonchev–Trinajstić information content (AvgIpc) is 2.61. The molecule has 2 N–H and O–H groups in total. The summed E-state index contributed by atoms with van der Waals surface area (Å²) in [5.41, 5.74) is 0.853. The lowest BCUT2D eigenvalue weighted by molar-refractivity contribution is 0.102. The van der Waals surface area contributed by atoms with Crippen molar-refractivity contribution in [2.45, 2.75) is 6.54 Å². The highest BCUT2D eigenvalue weighted by Gasteiger charge is 2.11. The summed E-state index contributed by atoms with van der Waals surface area (Å²) in [5.74, 6) is -0.997. The van der Waals surface area contributed by atoms with E-state index < -0.39 is 11.7 Å². The first kappa shape index (κ1) is 18.0. The van der Waals surface area contributed by atoms with E-state index in [1.807, 2.05) is 0 Å². The minimum absolute atomic E-state index is 0.0897. The van der Waals surface area contributed by atoms with Crippen molar-refractivity contribution in [3.8, 4) is 0 Å². The molecule has 0 spiro atoms. The highest BCUT2D eigenvalue weighted by molar-refractivity contribution is 7.71. The molecule has 0 saturated heterocycles. The highest BCUT2D eigenvalue weighted by Crippen LogP contribution is 2.20. The van der Waals surface area contributed by atoms with E-state index in [0.717, 1.165) is 6.07 Å². The maximum absolute atomic E-state index is 13.2. The summed E-state index contributed by atoms with van der Waals surface area (Å²) >= 11 is 10.9. The van der Waals surface area contributed by atoms with Crippen LogP contribution in [0, 0.1) is 10.6 Å². The third kappa shape index (κ3) is 3.44. The zero-order valence-electron chi connectivity index (χ0n) is 13.4. The van der Waals surface area contributed by atoms with Crippen LogP contribution in [0.1, 0.15) is 10.4 Å². The van der Waals surface area contributed by atoms with E-state index in [4.69, 9.17) is 23.8 Å². The third-order valence-corrected chi connectivity index (χ3v) is 4.35. The van der Waals surface area contributed by atoms with Crippen molar-refractivity contribution < 1.29 is 9.18 Å². The Morgan fingerprint density at radius 1 is 1.35 bits per heavy atom. The van der Waals surface area contributed by atoms with Crippen LogP contribution in [-0.2, 0) is 6.54 Å². The molecule has 0 bridgehead atoms. The number of nitrogens with one attached hydrogen (secondary N) is 2. The van der Waals surface area contributed by atoms with Crippen LogP contribution in [0.25, 0.3) is 10.9 Å². The van der Waals surface area contributed by atoms with E-state index in [-0.39, 0.29) is 21.9 Å². The molecule has 26 heavy (non-hydrogen) atoms. The van der Waals surface area contributed by atoms with Crippen LogP contribution in [0.15, 0.2) is 53.8 Å². The summed E-state index contributed by atoms with van der Waals surface area (Å²) in [6.45, 7) is 3.89. The Labute approximate surface area is 157 Å². The Morgan fingerprint density at radius 2 is 2.12 bits per heavy atom. The quantitative estimate of drug-likeness (QED) is 0.516. The number of rotatable bonds is 4. The topological polar surface area (TPSA) is 66.9 Å². The second kappa shape index (κ2) is 7.23. The Bertz CT molecular complexity index is 1150. The first-order chi connectivity index (χ1) is 12.4. The largest absolute Gasteiger partial charge is 0.332 e. The van der Waals surface area contributed by atoms with Gasteiger partial charge in [0.15, 0.2) is 4.77 Å². The summed E-state index contributed by atoms with van der Waals surface area (Å²) in [5, 5.41) is 2.94. The second-order valence-electron chi connectivity index (χ2n) is 5.48. The number of carbonyl (C=O) groups is 1. The number of carbonyl (C=O) groups excluding carboxylic acids is 1. The molecule has 1 amide bonds. The van der Waals surface area contributed by atoms with Gasteiger partial charge in [0.1, 0.15) is 5.82 Å². The molecule has 3 aromatic rings. The van der Waals surface area contributed by atoms with Gasteiger partial charge in [-0.25, -0.2) is 4.39 Å². The fraction of sp³-hybridized carbons (Fsp3) is 0.0556. The fourth-order valence-electron chi connectivity index (χ4n) is 2.47. The van der Waals surface area contributed by atoms with Gasteiger partial charge in [0.25, 0.3) is 11.5 Å². The molecule has 5 nitrogen and oxygen atoms in total. The summed E-state index contributed by atoms with van der Waals surface area (Å²) in [4.78, 5) is 27.8. The van der Waals surface area contributed by atoms with Gasteiger partial charge in [-0.15, -0.1) is 6.58 Å². The first-order valence-electron chi connectivity index (χ1n) is 7.55. The van der Waals surface area contributed by atoms with Crippen molar-refractivity contribution in [2.75, 3.05) is 5.32 Å². The Morgan fingerprint density at radius 3 is 2.81 bits per heavy atom. The lowest BCUT2D eigenvalue weighted by atomic mass is 10.1. The van der Waals surface area contributed by atoms with Gasteiger partial charge >= 0.3 is 0 Å². The lowest BCUT2D eigenvalue weighted by Crippen LogP contribution is -2.22. The van der Waals surface area contributed by atoms with Crippen molar-refractivity contribution in [1.29, 1.82) is 0 Å². The molecule has 1 heterocycles. The van der Waals surface area contributed by atoms with Gasteiger partial charge in [0, 0.05) is 17.8 Å². The molecule has 8 heteroatoms. The molecule has 0 fully saturated rings. The highest BCUT2D eigenvalue weighted by atomic mass is 35.5. The van der Waals surface area contributed by atoms with Crippen LogP contribution < -0.4 is 10.9 Å². The number of hydrogen-bond acceptors (Lipinski definition) is 3. The van der Waals surface area contributed by atoms with Gasteiger partial charge in [0.2, 0.25) is 0 Å². The Balaban J connectivity index is 1.98. The molecule has 0 unspecified atom stereocenters. The monoisotopic (exact) mass is 389 g/mol. The van der Waals surface area contributed by atoms with Crippen molar-refractivity contribution in [1.82, 2.24) is 9.55 Å². The normalized spacial score (nSPS) is 10.7. The molecule has 3 rings (SSSR count). The maximum Gasteiger partial charge on any atom is 0.262 e. The third-order valence-electron chi connectivity index (χ3n) is 3.73. The number of H-pyrrole nitrogens is 1. The van der Waals surface area contributed by atoms with Crippen LogP contribution in [0.5, 0.6) is 0 Å². The SMILES string of the molecule is C=CCn1c(=S)[nH]c2cc(C(=O)Nc3ccc(F)c(Cl)c3)ccc2c1=O. The summed E-state index contributed by atoms with van der Waals surface area (Å²) in [6, 6.07) is 8.50. The molecule has 1 aromatic heterocycles. The van der Waals surface area contributed by atoms with Gasteiger partial charge in [-0.1, -0.05) is 17.7 Å². The summed E-state index contributed by atoms with van der Waals surface area (Å²) in [7, 11) is 0. The molecular formula is C18H13ClFN3O2S. The number of anilines is 1. The fourth-order valence-corrected chi connectivity index (χ4v) is 2.92. The van der Waals surface area contributed by atoms with Crippen LogP contribution in [0.2, 0.25) is 5.02 Å². The number of allylic oxidation sites excluding steroid dienone is 1. The number of halogens is 2. The zero-order chi connectivity index (χ0) is 18.8. The van der Waals surface area contributed by atoms with E-state index in [9.17, 15) is 14.0 Å². The van der Waals surface area contributed by atoms with E-state index in [0.29, 0.717) is 22.2 Å². The van der Waals surface area contributed by atoms with Gasteiger partial charge in [-0.05, 0) is 48.6 Å². The molecule has 2 aromatic carbocycles. The van der Waals surface area contributed by atoms with Crippen molar-refractivity contribution in [3.63, 3.8) is 0 Å². The van der Waals surface area contributed by atoms with Crippen molar-refractivity contribution >= 4 is 46.3 Å². The lowest BCUT2D eigenvalue weighted by Gasteiger charge is -2.09. The first-order valence-corrected chi connectivity index (χ1v) is 8.33. The summed E-state index contributed by atoms with van der Waals surface area (Å²) < 4.78 is 14.8. The number of hydrogen-bond donors (Lipinski definition) is 2. The van der Waals surface area contributed by atoms with E-state index >= 15 is 0 Å². The number of amides is 1. The van der Waals surface area contributed by atoms with Gasteiger partial charge in [0.05, 0.1) is 15.9 Å². The van der Waals surface area contributed by atoms with Crippen LogP contribution >= 0.6 is 23.8 Å². The molecule has 0 atom stereocenters. The molecule has 132 valence electrons. The van der Waals surface area contributed by atoms with Crippen molar-refractivity contribution in [3.05, 3.63) is 80.6 Å². The smallest absolute Gasteiger partial charge is 0.262 e. The predicted molar refractivity (Wildman–Crippen MR) is 103 cm³/mol. The minimum atomic E-state index is -0.571. The van der Waals surface area contributed by atoms with Crippen LogP contribution in [-0.4, -0.2) is 15.5 Å². The maximum atomic E-state index is 13.2. The number of aromatic nitrogens is 2. The molecule has 0 saturated carbocycles. The predicted octanol–water partition coefficient (Wildman–Crippen LogP) is 4.29. The Hall–Kier alpha value is -2.77. The standard InChI is InChI=1S/C18H13ClFN3O2S/c1-2-7-23-17(25)12-5-3-10(8-15(12)22-18(23)26)16(24)21-11-4-6-14(20)13(19)9-11/h2-6,8-9H,1,7H2,(H,21,24)(H,22,26). The van der Waals surface area contributed by atoms with E-state index in [2.05, 4.69) is 16.9 Å². The zero-order valence-corrected chi connectivity index (χ0v) is 15.0. The molecule has 0 aliphatic rings. The number of fused-ring (bicyclic) bond motifs is 1. The molecule has 0 aliphatic heterocycles. The van der Waals surface area contributed by atoms with Crippen LogP contribution in [0.4, 0.5) is 10.1 Å². The van der Waals surface area contributed by atoms with E-state index in [1.165, 1.54) is 28.8 Å². The molecule has 0 radical (unpaired) electrons. The number of aromatic amines is 1. The number of benzene rings is 2. The number of nitrogens with zero attached hydrogens (tertiary/aromatic N) is 1. The molecular weight excluding hydrogens is 377 g/mol. The van der Waals surface area contributed by atoms with Crippen LogP contribution in [0.3, 0.4) is 0 Å². The van der Waals surface area contributed by atoms with Gasteiger partial charge in [-0.2, -0.15) is 0 Å². The molecule has 0 aliphatic carbocycles.